The van der Waals surface area contributed by atoms with Gasteiger partial charge in [-0.2, -0.15) is 0 Å². The van der Waals surface area contributed by atoms with Gasteiger partial charge in [-0.1, -0.05) is 0 Å². The number of rotatable bonds is 8. The van der Waals surface area contributed by atoms with Gasteiger partial charge in [0.05, 0.1) is 40.1 Å². The largest absolute Gasteiger partial charge is 0.496 e. The van der Waals surface area contributed by atoms with Crippen LogP contribution in [0, 0.1) is 0 Å². The zero-order valence-electron chi connectivity index (χ0n) is 11.6. The van der Waals surface area contributed by atoms with Crippen molar-refractivity contribution in [2.45, 2.75) is 6.10 Å². The van der Waals surface area contributed by atoms with Crippen molar-refractivity contribution in [2.75, 3.05) is 34.5 Å². The van der Waals surface area contributed by atoms with Crippen LogP contribution >= 0.6 is 0 Å². The van der Waals surface area contributed by atoms with Crippen molar-refractivity contribution in [1.29, 1.82) is 0 Å². The molecule has 0 heterocycles. The summed E-state index contributed by atoms with van der Waals surface area (Å²) in [6, 6.07) is 3.08. The second-order valence-corrected chi connectivity index (χ2v) is 3.76. The zero-order valence-corrected chi connectivity index (χ0v) is 11.6. The maximum Gasteiger partial charge on any atom is 0.337 e. The first-order valence-electron chi connectivity index (χ1n) is 5.84. The van der Waals surface area contributed by atoms with E-state index in [0.29, 0.717) is 5.75 Å². The molecule has 0 saturated heterocycles. The first-order chi connectivity index (χ1) is 9.58. The van der Waals surface area contributed by atoms with E-state index in [4.69, 9.17) is 24.1 Å². The van der Waals surface area contributed by atoms with E-state index >= 15 is 0 Å². The van der Waals surface area contributed by atoms with Crippen molar-refractivity contribution >= 4 is 5.97 Å². The molecule has 0 amide bonds. The molecule has 2 N–H and O–H groups in total. The Labute approximate surface area is 116 Å². The molecule has 0 radical (unpaired) electrons. The molecule has 0 aliphatic rings. The van der Waals surface area contributed by atoms with E-state index in [9.17, 15) is 9.90 Å². The van der Waals surface area contributed by atoms with Gasteiger partial charge in [0.1, 0.15) is 17.2 Å². The molecule has 1 unspecified atom stereocenters. The van der Waals surface area contributed by atoms with Crippen LogP contribution in [0.3, 0.4) is 0 Å². The van der Waals surface area contributed by atoms with Crippen LogP contribution in [0.4, 0.5) is 0 Å². The second-order valence-electron chi connectivity index (χ2n) is 3.76. The Morgan fingerprint density at radius 1 is 1.15 bits per heavy atom. The highest BCUT2D eigenvalue weighted by Crippen LogP contribution is 2.39. The topological polar surface area (TPSA) is 94.5 Å². The Morgan fingerprint density at radius 3 is 2.05 bits per heavy atom. The Hall–Kier alpha value is -1.99. The van der Waals surface area contributed by atoms with Crippen molar-refractivity contribution in [3.8, 4) is 17.2 Å². The van der Waals surface area contributed by atoms with Crippen molar-refractivity contribution < 1.29 is 34.0 Å². The summed E-state index contributed by atoms with van der Waals surface area (Å²) in [5, 5.41) is 18.0. The number of aliphatic hydroxyl groups excluding tert-OH is 1. The van der Waals surface area contributed by atoms with Crippen LogP contribution in [0.5, 0.6) is 17.2 Å². The standard InChI is InChI=1S/C13H18O7/c1-17-8-6-9(18-2)11(10(7-8)19-3)12(13(15)16)20-5-4-14/h6-7,12,14H,4-5H2,1-3H3,(H,15,16). The fraction of sp³-hybridized carbons (Fsp3) is 0.462. The quantitative estimate of drug-likeness (QED) is 0.731. The number of carbonyl (C=O) groups is 1. The number of hydrogen-bond acceptors (Lipinski definition) is 6. The molecule has 0 aliphatic carbocycles. The molecule has 0 aliphatic heterocycles. The lowest BCUT2D eigenvalue weighted by molar-refractivity contribution is -0.151. The highest BCUT2D eigenvalue weighted by atomic mass is 16.5. The minimum absolute atomic E-state index is 0.116. The number of aliphatic hydroxyl groups is 1. The predicted molar refractivity (Wildman–Crippen MR) is 69.5 cm³/mol. The first-order valence-corrected chi connectivity index (χ1v) is 5.84. The van der Waals surface area contributed by atoms with E-state index < -0.39 is 12.1 Å². The van der Waals surface area contributed by atoms with Crippen LogP contribution in [-0.2, 0) is 9.53 Å². The summed E-state index contributed by atoms with van der Waals surface area (Å²) in [6.45, 7) is -0.403. The Balaban J connectivity index is 3.33. The van der Waals surface area contributed by atoms with Gasteiger partial charge in [0.25, 0.3) is 0 Å². The molecule has 7 nitrogen and oxygen atoms in total. The van der Waals surface area contributed by atoms with Crippen LogP contribution in [0.2, 0.25) is 0 Å². The number of hydrogen-bond donors (Lipinski definition) is 2. The minimum atomic E-state index is -1.31. The lowest BCUT2D eigenvalue weighted by atomic mass is 10.1. The van der Waals surface area contributed by atoms with E-state index in [0.717, 1.165) is 0 Å². The van der Waals surface area contributed by atoms with Crippen molar-refractivity contribution in [3.63, 3.8) is 0 Å². The molecule has 1 atom stereocenters. The normalized spacial score (nSPS) is 11.8. The van der Waals surface area contributed by atoms with E-state index in [2.05, 4.69) is 0 Å². The maximum atomic E-state index is 11.3. The minimum Gasteiger partial charge on any atom is -0.496 e. The average molecular weight is 286 g/mol. The Bertz CT molecular complexity index is 433. The number of methoxy groups -OCH3 is 3. The molecule has 1 rings (SSSR count). The van der Waals surface area contributed by atoms with E-state index in [1.165, 1.54) is 33.5 Å². The summed E-state index contributed by atoms with van der Waals surface area (Å²) < 4.78 is 20.6. The monoisotopic (exact) mass is 286 g/mol. The van der Waals surface area contributed by atoms with Gasteiger partial charge < -0.3 is 29.2 Å². The number of ether oxygens (including phenoxy) is 4. The molecule has 0 spiro atoms. The Morgan fingerprint density at radius 2 is 1.70 bits per heavy atom. The fourth-order valence-corrected chi connectivity index (χ4v) is 1.74. The molecule has 1 aromatic rings. The van der Waals surface area contributed by atoms with Gasteiger partial charge in [0, 0.05) is 12.1 Å². The molecule has 112 valence electrons. The third-order valence-corrected chi connectivity index (χ3v) is 2.62. The maximum absolute atomic E-state index is 11.3. The molecule has 1 aromatic carbocycles. The van der Waals surface area contributed by atoms with Crippen LogP contribution < -0.4 is 14.2 Å². The first kappa shape index (κ1) is 16.1. The van der Waals surface area contributed by atoms with Gasteiger partial charge in [-0.05, 0) is 0 Å². The highest BCUT2D eigenvalue weighted by Gasteiger charge is 2.29. The summed E-state index contributed by atoms with van der Waals surface area (Å²) in [5.74, 6) is -0.202. The van der Waals surface area contributed by atoms with Gasteiger partial charge in [-0.25, -0.2) is 4.79 Å². The molecule has 0 saturated carbocycles. The SMILES string of the molecule is COc1cc(OC)c(C(OCCO)C(=O)O)c(OC)c1. The van der Waals surface area contributed by atoms with Crippen molar-refractivity contribution in [1.82, 2.24) is 0 Å². The van der Waals surface area contributed by atoms with Gasteiger partial charge in [0.15, 0.2) is 6.10 Å². The summed E-state index contributed by atoms with van der Waals surface area (Å²) in [6.07, 6.45) is -1.31. The lowest BCUT2D eigenvalue weighted by Crippen LogP contribution is -2.19. The van der Waals surface area contributed by atoms with E-state index in [1.54, 1.807) is 0 Å². The second kappa shape index (κ2) is 7.56. The summed E-state index contributed by atoms with van der Waals surface area (Å²) in [4.78, 5) is 11.3. The molecule has 7 heteroatoms. The molecule has 20 heavy (non-hydrogen) atoms. The zero-order chi connectivity index (χ0) is 15.1. The smallest absolute Gasteiger partial charge is 0.337 e. The van der Waals surface area contributed by atoms with Crippen molar-refractivity contribution in [2.24, 2.45) is 0 Å². The van der Waals surface area contributed by atoms with Crippen LogP contribution in [0.15, 0.2) is 12.1 Å². The van der Waals surface area contributed by atoms with Gasteiger partial charge in [-0.3, -0.25) is 0 Å². The van der Waals surface area contributed by atoms with Gasteiger partial charge in [-0.15, -0.1) is 0 Å². The van der Waals surface area contributed by atoms with Crippen LogP contribution in [-0.4, -0.2) is 50.7 Å². The Kier molecular flexibility index (Phi) is 6.08. The molecule has 0 bridgehead atoms. The number of carboxylic acids is 1. The lowest BCUT2D eigenvalue weighted by Gasteiger charge is -2.20. The van der Waals surface area contributed by atoms with Crippen molar-refractivity contribution in [3.05, 3.63) is 17.7 Å². The van der Waals surface area contributed by atoms with Crippen LogP contribution in [0.1, 0.15) is 11.7 Å². The van der Waals surface area contributed by atoms with E-state index in [1.807, 2.05) is 0 Å². The summed E-state index contributed by atoms with van der Waals surface area (Å²) in [5.41, 5.74) is 0.233. The van der Waals surface area contributed by atoms with Gasteiger partial charge >= 0.3 is 5.97 Å². The van der Waals surface area contributed by atoms with E-state index in [-0.39, 0.29) is 30.3 Å². The van der Waals surface area contributed by atoms with Gasteiger partial charge in [0.2, 0.25) is 0 Å². The fourth-order valence-electron chi connectivity index (χ4n) is 1.74. The molecule has 0 fully saturated rings. The number of aliphatic carboxylic acids is 1. The number of benzene rings is 1. The molecular formula is C13H18O7. The average Bonchev–Trinajstić information content (AvgIpc) is 2.46. The third-order valence-electron chi connectivity index (χ3n) is 2.62. The molecular weight excluding hydrogens is 268 g/mol. The summed E-state index contributed by atoms with van der Waals surface area (Å²) in [7, 11) is 4.29. The van der Waals surface area contributed by atoms with Crippen LogP contribution in [0.25, 0.3) is 0 Å². The summed E-state index contributed by atoms with van der Waals surface area (Å²) >= 11 is 0. The molecule has 0 aromatic heterocycles. The number of carboxylic acid groups (broad SMARTS) is 1. The highest BCUT2D eigenvalue weighted by molar-refractivity contribution is 5.77. The third kappa shape index (κ3) is 3.52. The predicted octanol–water partition coefficient (Wildman–Crippen LogP) is 0.847.